The van der Waals surface area contributed by atoms with Crippen LogP contribution >= 0.6 is 0 Å². The number of nitrogens with zero attached hydrogens (tertiary/aromatic N) is 2. The Hall–Kier alpha value is -2.35. The zero-order valence-electron chi connectivity index (χ0n) is 13.4. The third kappa shape index (κ3) is 3.43. The molecule has 2 aliphatic rings. The molecule has 2 heterocycles. The molecule has 0 spiro atoms. The normalized spacial score (nSPS) is 24.0. The maximum atomic E-state index is 14.2. The number of ether oxygens (including phenoxy) is 2. The van der Waals surface area contributed by atoms with E-state index in [0.717, 1.165) is 0 Å². The molecule has 8 heteroatoms. The van der Waals surface area contributed by atoms with Gasteiger partial charge < -0.3 is 19.7 Å². The SMILES string of the molecule is CC(=O)NC[C@H]1CN(c2ccccc2N2CCOCC2F)C(=O)O1. The van der Waals surface area contributed by atoms with Crippen molar-refractivity contribution in [3.8, 4) is 0 Å². The summed E-state index contributed by atoms with van der Waals surface area (Å²) in [5.74, 6) is -0.182. The number of benzene rings is 1. The van der Waals surface area contributed by atoms with Gasteiger partial charge in [-0.15, -0.1) is 0 Å². The first-order valence-corrected chi connectivity index (χ1v) is 7.86. The van der Waals surface area contributed by atoms with Crippen LogP contribution in [-0.4, -0.2) is 57.2 Å². The predicted octanol–water partition coefficient (Wildman–Crippen LogP) is 1.28. The molecular formula is C16H20FN3O4. The average molecular weight is 337 g/mol. The van der Waals surface area contributed by atoms with Crippen LogP contribution in [0.2, 0.25) is 0 Å². The van der Waals surface area contributed by atoms with E-state index in [0.29, 0.717) is 31.1 Å². The first-order valence-electron chi connectivity index (χ1n) is 7.86. The Morgan fingerprint density at radius 3 is 2.83 bits per heavy atom. The molecule has 0 aromatic heterocycles. The van der Waals surface area contributed by atoms with Gasteiger partial charge in [0.2, 0.25) is 5.91 Å². The number of hydrogen-bond acceptors (Lipinski definition) is 5. The number of para-hydroxylation sites is 2. The van der Waals surface area contributed by atoms with Crippen molar-refractivity contribution in [2.24, 2.45) is 0 Å². The van der Waals surface area contributed by atoms with E-state index in [4.69, 9.17) is 9.47 Å². The van der Waals surface area contributed by atoms with E-state index < -0.39 is 18.5 Å². The van der Waals surface area contributed by atoms with Crippen molar-refractivity contribution in [1.82, 2.24) is 5.32 Å². The van der Waals surface area contributed by atoms with Gasteiger partial charge >= 0.3 is 6.09 Å². The van der Waals surface area contributed by atoms with Crippen molar-refractivity contribution in [3.05, 3.63) is 24.3 Å². The summed E-state index contributed by atoms with van der Waals surface area (Å²) >= 11 is 0. The zero-order chi connectivity index (χ0) is 17.1. The summed E-state index contributed by atoms with van der Waals surface area (Å²) in [4.78, 5) is 26.3. The number of nitrogens with one attached hydrogen (secondary N) is 1. The average Bonchev–Trinajstić information content (AvgIpc) is 2.94. The van der Waals surface area contributed by atoms with Crippen molar-refractivity contribution >= 4 is 23.4 Å². The largest absolute Gasteiger partial charge is 0.442 e. The van der Waals surface area contributed by atoms with Gasteiger partial charge in [-0.1, -0.05) is 12.1 Å². The molecule has 2 amide bonds. The molecular weight excluding hydrogens is 317 g/mol. The van der Waals surface area contributed by atoms with E-state index >= 15 is 0 Å². The summed E-state index contributed by atoms with van der Waals surface area (Å²) in [6.45, 7) is 2.81. The van der Waals surface area contributed by atoms with Crippen molar-refractivity contribution in [2.45, 2.75) is 19.3 Å². The summed E-state index contributed by atoms with van der Waals surface area (Å²) in [6.07, 6.45) is -2.18. The molecule has 2 fully saturated rings. The number of rotatable bonds is 4. The smallest absolute Gasteiger partial charge is 0.414 e. The lowest BCUT2D eigenvalue weighted by atomic mass is 10.2. The molecule has 0 saturated carbocycles. The van der Waals surface area contributed by atoms with Gasteiger partial charge in [-0.3, -0.25) is 9.69 Å². The lowest BCUT2D eigenvalue weighted by molar-refractivity contribution is -0.119. The van der Waals surface area contributed by atoms with Crippen LogP contribution in [0.25, 0.3) is 0 Å². The highest BCUT2D eigenvalue weighted by molar-refractivity contribution is 5.94. The van der Waals surface area contributed by atoms with Crippen molar-refractivity contribution < 1.29 is 23.5 Å². The number of cyclic esters (lactones) is 1. The Bertz CT molecular complexity index is 627. The zero-order valence-corrected chi connectivity index (χ0v) is 13.4. The minimum atomic E-state index is -1.26. The maximum absolute atomic E-state index is 14.2. The summed E-state index contributed by atoms with van der Waals surface area (Å²) in [5, 5.41) is 2.64. The third-order valence-electron chi connectivity index (χ3n) is 4.00. The maximum Gasteiger partial charge on any atom is 0.414 e. The Labute approximate surface area is 139 Å². The fraction of sp³-hybridized carbons (Fsp3) is 0.500. The van der Waals surface area contributed by atoms with E-state index in [2.05, 4.69) is 5.32 Å². The predicted molar refractivity (Wildman–Crippen MR) is 85.8 cm³/mol. The standard InChI is InChI=1S/C16H20FN3O4/c1-11(21)18-8-12-9-20(16(22)24-12)14-5-3-2-4-13(14)19-6-7-23-10-15(19)17/h2-5,12,15H,6-10H2,1H3,(H,18,21)/t12-,15?/m0/s1. The third-order valence-corrected chi connectivity index (χ3v) is 4.00. The van der Waals surface area contributed by atoms with Crippen LogP contribution < -0.4 is 15.1 Å². The lowest BCUT2D eigenvalue weighted by Gasteiger charge is -2.34. The number of carbonyl (C=O) groups is 2. The number of morpholine rings is 1. The molecule has 130 valence electrons. The Morgan fingerprint density at radius 1 is 1.38 bits per heavy atom. The van der Waals surface area contributed by atoms with Crippen LogP contribution in [0, 0.1) is 0 Å². The molecule has 7 nitrogen and oxygen atoms in total. The first kappa shape index (κ1) is 16.5. The van der Waals surface area contributed by atoms with Crippen LogP contribution in [0.1, 0.15) is 6.92 Å². The number of carbonyl (C=O) groups excluding carboxylic acids is 2. The fourth-order valence-electron chi connectivity index (χ4n) is 2.86. The van der Waals surface area contributed by atoms with Crippen LogP contribution in [0.15, 0.2) is 24.3 Å². The summed E-state index contributed by atoms with van der Waals surface area (Å²) in [5.41, 5.74) is 1.22. The van der Waals surface area contributed by atoms with Crippen LogP contribution in [-0.2, 0) is 14.3 Å². The van der Waals surface area contributed by atoms with Crippen molar-refractivity contribution in [2.75, 3.05) is 42.6 Å². The number of anilines is 2. The molecule has 24 heavy (non-hydrogen) atoms. The van der Waals surface area contributed by atoms with Crippen molar-refractivity contribution in [3.63, 3.8) is 0 Å². The molecule has 1 unspecified atom stereocenters. The fourth-order valence-corrected chi connectivity index (χ4v) is 2.86. The quantitative estimate of drug-likeness (QED) is 0.838. The van der Waals surface area contributed by atoms with E-state index in [1.165, 1.54) is 11.8 Å². The second-order valence-electron chi connectivity index (χ2n) is 5.74. The van der Waals surface area contributed by atoms with Gasteiger partial charge in [-0.05, 0) is 12.1 Å². The molecule has 1 aromatic rings. The second-order valence-corrected chi connectivity index (χ2v) is 5.74. The van der Waals surface area contributed by atoms with E-state index in [1.54, 1.807) is 29.2 Å². The van der Waals surface area contributed by atoms with Crippen LogP contribution in [0.5, 0.6) is 0 Å². The number of hydrogen-bond donors (Lipinski definition) is 1. The molecule has 2 aliphatic heterocycles. The monoisotopic (exact) mass is 337 g/mol. The van der Waals surface area contributed by atoms with Gasteiger partial charge in [0.25, 0.3) is 0 Å². The molecule has 0 aliphatic carbocycles. The molecule has 0 radical (unpaired) electrons. The van der Waals surface area contributed by atoms with Gasteiger partial charge in [-0.2, -0.15) is 0 Å². The van der Waals surface area contributed by atoms with Crippen LogP contribution in [0.4, 0.5) is 20.6 Å². The highest BCUT2D eigenvalue weighted by atomic mass is 19.1. The first-order chi connectivity index (χ1) is 11.6. The topological polar surface area (TPSA) is 71.1 Å². The molecule has 1 aromatic carbocycles. The van der Waals surface area contributed by atoms with Gasteiger partial charge in [0.15, 0.2) is 6.30 Å². The summed E-state index contributed by atoms with van der Waals surface area (Å²) < 4.78 is 24.6. The van der Waals surface area contributed by atoms with Gasteiger partial charge in [0.1, 0.15) is 6.10 Å². The Kier molecular flexibility index (Phi) is 4.84. The number of halogens is 1. The number of alkyl halides is 1. The van der Waals surface area contributed by atoms with Gasteiger partial charge in [0.05, 0.1) is 37.7 Å². The summed E-state index contributed by atoms with van der Waals surface area (Å²) in [6, 6.07) is 7.14. The second kappa shape index (κ2) is 7.04. The highest BCUT2D eigenvalue weighted by Crippen LogP contribution is 2.34. The lowest BCUT2D eigenvalue weighted by Crippen LogP contribution is -2.43. The van der Waals surface area contributed by atoms with Crippen molar-refractivity contribution in [1.29, 1.82) is 0 Å². The highest BCUT2D eigenvalue weighted by Gasteiger charge is 2.35. The Morgan fingerprint density at radius 2 is 2.12 bits per heavy atom. The van der Waals surface area contributed by atoms with E-state index in [9.17, 15) is 14.0 Å². The molecule has 2 saturated heterocycles. The minimum Gasteiger partial charge on any atom is -0.442 e. The van der Waals surface area contributed by atoms with Gasteiger partial charge in [-0.25, -0.2) is 9.18 Å². The van der Waals surface area contributed by atoms with Gasteiger partial charge in [0, 0.05) is 13.5 Å². The van der Waals surface area contributed by atoms with E-state index in [-0.39, 0.29) is 19.1 Å². The van der Waals surface area contributed by atoms with E-state index in [1.807, 2.05) is 0 Å². The Balaban J connectivity index is 1.79. The molecule has 3 rings (SSSR count). The minimum absolute atomic E-state index is 0.00391. The molecule has 1 N–H and O–H groups in total. The molecule has 2 atom stereocenters. The summed E-state index contributed by atoms with van der Waals surface area (Å²) in [7, 11) is 0. The number of amides is 2. The molecule has 0 bridgehead atoms. The van der Waals surface area contributed by atoms with Crippen LogP contribution in [0.3, 0.4) is 0 Å².